The predicted molar refractivity (Wildman–Crippen MR) is 118 cm³/mol. The summed E-state index contributed by atoms with van der Waals surface area (Å²) in [5.74, 6) is -0.529. The third-order valence-corrected chi connectivity index (χ3v) is 7.40. The quantitative estimate of drug-likeness (QED) is 0.539. The van der Waals surface area contributed by atoms with Gasteiger partial charge in [-0.15, -0.1) is 11.3 Å². The fraction of sp³-hybridized carbons (Fsp3) is 0.200. The molecule has 1 saturated heterocycles. The Labute approximate surface area is 187 Å². The van der Waals surface area contributed by atoms with Crippen LogP contribution in [0, 0.1) is 5.82 Å². The smallest absolute Gasteiger partial charge is 0.263 e. The van der Waals surface area contributed by atoms with Crippen molar-refractivity contribution >= 4 is 49.7 Å². The molecule has 1 unspecified atom stereocenters. The number of hydrogen-bond donors (Lipinski definition) is 2. The van der Waals surface area contributed by atoms with Gasteiger partial charge in [-0.2, -0.15) is 0 Å². The van der Waals surface area contributed by atoms with Crippen molar-refractivity contribution in [1.82, 2.24) is 10.3 Å². The maximum absolute atomic E-state index is 13.2. The molecule has 1 aromatic heterocycles. The minimum atomic E-state index is -3.75. The first-order valence-corrected chi connectivity index (χ1v) is 12.1. The van der Waals surface area contributed by atoms with Crippen LogP contribution in [0.25, 0.3) is 0 Å². The molecule has 1 atom stereocenters. The molecule has 1 fully saturated rings. The van der Waals surface area contributed by atoms with E-state index in [2.05, 4.69) is 15.0 Å². The van der Waals surface area contributed by atoms with Crippen LogP contribution in [0.3, 0.4) is 0 Å². The van der Waals surface area contributed by atoms with Crippen molar-refractivity contribution in [3.05, 3.63) is 70.4 Å². The van der Waals surface area contributed by atoms with E-state index >= 15 is 0 Å². The first-order valence-electron chi connectivity index (χ1n) is 9.34. The maximum Gasteiger partial charge on any atom is 0.263 e. The highest BCUT2D eigenvalue weighted by atomic mass is 35.5. The number of hydrogen-bond acceptors (Lipinski definition) is 6. The van der Waals surface area contributed by atoms with Gasteiger partial charge in [0.25, 0.3) is 10.0 Å². The van der Waals surface area contributed by atoms with Crippen molar-refractivity contribution in [3.8, 4) is 0 Å². The van der Waals surface area contributed by atoms with Gasteiger partial charge >= 0.3 is 0 Å². The largest absolute Gasteiger partial charge is 0.311 e. The maximum atomic E-state index is 13.2. The van der Waals surface area contributed by atoms with E-state index in [0.29, 0.717) is 35.8 Å². The number of carbonyl (C=O) groups is 1. The number of thiazole rings is 1. The minimum absolute atomic E-state index is 0.0822. The molecule has 2 N–H and O–H groups in total. The molecule has 31 heavy (non-hydrogen) atoms. The van der Waals surface area contributed by atoms with Gasteiger partial charge in [-0.3, -0.25) is 9.52 Å². The molecule has 0 aliphatic carbocycles. The summed E-state index contributed by atoms with van der Waals surface area (Å²) >= 11 is 7.22. The summed E-state index contributed by atoms with van der Waals surface area (Å²) in [5.41, 5.74) is 1.32. The molecule has 1 aliphatic heterocycles. The summed E-state index contributed by atoms with van der Waals surface area (Å²) in [6.07, 6.45) is 2.10. The van der Waals surface area contributed by atoms with Crippen molar-refractivity contribution in [1.29, 1.82) is 0 Å². The van der Waals surface area contributed by atoms with Crippen LogP contribution < -0.4 is 14.9 Å². The number of benzene rings is 2. The second kappa shape index (κ2) is 8.91. The van der Waals surface area contributed by atoms with E-state index in [0.717, 1.165) is 0 Å². The first kappa shape index (κ1) is 21.7. The van der Waals surface area contributed by atoms with Crippen LogP contribution in [0.2, 0.25) is 5.02 Å². The summed E-state index contributed by atoms with van der Waals surface area (Å²) in [7, 11) is -3.75. The fourth-order valence-electron chi connectivity index (χ4n) is 3.28. The second-order valence-corrected chi connectivity index (χ2v) is 9.87. The van der Waals surface area contributed by atoms with Crippen molar-refractivity contribution < 1.29 is 17.6 Å². The van der Waals surface area contributed by atoms with Gasteiger partial charge in [-0.05, 0) is 48.4 Å². The number of amides is 1. The lowest BCUT2D eigenvalue weighted by atomic mass is 10.2. The van der Waals surface area contributed by atoms with Crippen LogP contribution in [0.5, 0.6) is 0 Å². The molecule has 2 heterocycles. The first-order chi connectivity index (χ1) is 14.8. The van der Waals surface area contributed by atoms with Crippen LogP contribution >= 0.6 is 22.9 Å². The number of sulfonamides is 1. The van der Waals surface area contributed by atoms with E-state index in [4.69, 9.17) is 11.6 Å². The van der Waals surface area contributed by atoms with Crippen molar-refractivity contribution in [2.45, 2.75) is 23.9 Å². The van der Waals surface area contributed by atoms with E-state index in [1.54, 1.807) is 28.5 Å². The van der Waals surface area contributed by atoms with E-state index in [-0.39, 0.29) is 15.9 Å². The average Bonchev–Trinajstić information content (AvgIpc) is 3.37. The van der Waals surface area contributed by atoms with Crippen molar-refractivity contribution in [3.63, 3.8) is 0 Å². The van der Waals surface area contributed by atoms with Gasteiger partial charge in [-0.1, -0.05) is 17.7 Å². The van der Waals surface area contributed by atoms with Crippen LogP contribution in [-0.4, -0.2) is 31.9 Å². The average molecular weight is 481 g/mol. The molecule has 0 saturated carbocycles. The molecule has 1 aliphatic rings. The molecule has 1 amide bonds. The minimum Gasteiger partial charge on any atom is -0.311 e. The van der Waals surface area contributed by atoms with Gasteiger partial charge < -0.3 is 10.2 Å². The second-order valence-electron chi connectivity index (χ2n) is 6.88. The third-order valence-electron chi connectivity index (χ3n) is 4.87. The number of nitrogens with zero attached hydrogens (tertiary/aromatic N) is 2. The van der Waals surface area contributed by atoms with Gasteiger partial charge in [-0.25, -0.2) is 17.8 Å². The lowest BCUT2D eigenvalue weighted by molar-refractivity contribution is -0.118. The highest BCUT2D eigenvalue weighted by Gasteiger charge is 2.32. The molecule has 3 aromatic rings. The van der Waals surface area contributed by atoms with E-state index in [9.17, 15) is 17.6 Å². The molecular formula is C20H18ClFN4O3S2. The Morgan fingerprint density at radius 3 is 2.68 bits per heavy atom. The monoisotopic (exact) mass is 480 g/mol. The number of nitrogens with one attached hydrogen (secondary N) is 2. The lowest BCUT2D eigenvalue weighted by Crippen LogP contribution is -2.38. The highest BCUT2D eigenvalue weighted by Crippen LogP contribution is 2.25. The predicted octanol–water partition coefficient (Wildman–Crippen LogP) is 3.63. The Balaban J connectivity index is 1.40. The molecule has 0 spiro atoms. The van der Waals surface area contributed by atoms with Gasteiger partial charge in [0.15, 0.2) is 5.13 Å². The summed E-state index contributed by atoms with van der Waals surface area (Å²) < 4.78 is 40.5. The summed E-state index contributed by atoms with van der Waals surface area (Å²) in [5, 5.41) is 5.42. The van der Waals surface area contributed by atoms with Crippen LogP contribution in [-0.2, 0) is 21.4 Å². The summed E-state index contributed by atoms with van der Waals surface area (Å²) in [6, 6.07) is 9.86. The van der Waals surface area contributed by atoms with Crippen molar-refractivity contribution in [2.24, 2.45) is 0 Å². The van der Waals surface area contributed by atoms with E-state index in [1.807, 2.05) is 0 Å². The Kier molecular flexibility index (Phi) is 6.24. The number of anilines is 2. The molecule has 11 heteroatoms. The highest BCUT2D eigenvalue weighted by molar-refractivity contribution is 7.93. The Hall–Kier alpha value is -2.53. The standard InChI is InChI=1S/C20H18ClFN4O3S2/c21-17-11-14(22)2-1-13(17)12-24-18-7-9-26(19(18)27)15-3-5-16(6-4-15)31(28,29)25-20-23-8-10-30-20/h1-6,8,10-11,18,24H,7,9,12H2,(H,23,25). The molecule has 0 bridgehead atoms. The van der Waals surface area contributed by atoms with Gasteiger partial charge in [0.05, 0.1) is 10.9 Å². The zero-order valence-corrected chi connectivity index (χ0v) is 18.5. The molecule has 0 radical (unpaired) electrons. The van der Waals surface area contributed by atoms with E-state index in [1.165, 1.54) is 41.8 Å². The topological polar surface area (TPSA) is 91.4 Å². The molecule has 162 valence electrons. The van der Waals surface area contributed by atoms with Crippen molar-refractivity contribution in [2.75, 3.05) is 16.2 Å². The van der Waals surface area contributed by atoms with Crippen LogP contribution in [0.1, 0.15) is 12.0 Å². The Morgan fingerprint density at radius 1 is 1.23 bits per heavy atom. The van der Waals surface area contributed by atoms with Gasteiger partial charge in [0.1, 0.15) is 5.82 Å². The fourth-order valence-corrected chi connectivity index (χ4v) is 5.30. The number of carbonyl (C=O) groups excluding carboxylic acids is 1. The van der Waals surface area contributed by atoms with Crippen LogP contribution in [0.4, 0.5) is 15.2 Å². The van der Waals surface area contributed by atoms with E-state index < -0.39 is 21.9 Å². The summed E-state index contributed by atoms with van der Waals surface area (Å²) in [6.45, 7) is 0.833. The Bertz CT molecular complexity index is 1190. The third kappa shape index (κ3) is 4.87. The molecular weight excluding hydrogens is 463 g/mol. The Morgan fingerprint density at radius 2 is 2.00 bits per heavy atom. The SMILES string of the molecule is O=C1C(NCc2ccc(F)cc2Cl)CCN1c1ccc(S(=O)(=O)Nc2nccs2)cc1. The zero-order valence-electron chi connectivity index (χ0n) is 16.1. The van der Waals surface area contributed by atoms with Gasteiger partial charge in [0, 0.05) is 35.4 Å². The van der Waals surface area contributed by atoms with Crippen LogP contribution in [0.15, 0.2) is 58.9 Å². The molecule has 2 aromatic carbocycles. The molecule has 7 nitrogen and oxygen atoms in total. The zero-order chi connectivity index (χ0) is 22.0. The van der Waals surface area contributed by atoms with Gasteiger partial charge in [0.2, 0.25) is 5.91 Å². The number of rotatable bonds is 7. The normalized spacial score (nSPS) is 16.6. The summed E-state index contributed by atoms with van der Waals surface area (Å²) in [4.78, 5) is 18.4. The number of aromatic nitrogens is 1. The number of halogens is 2. The molecule has 4 rings (SSSR count). The lowest BCUT2D eigenvalue weighted by Gasteiger charge is -2.18.